The first-order valence-electron chi connectivity index (χ1n) is 12.8. The van der Waals surface area contributed by atoms with Crippen molar-refractivity contribution in [3.05, 3.63) is 89.5 Å². The maximum absolute atomic E-state index is 15.1. The molecule has 2 amide bonds. The smallest absolute Gasteiger partial charge is 0.258 e. The Kier molecular flexibility index (Phi) is 6.46. The lowest BCUT2D eigenvalue weighted by atomic mass is 10.2. The predicted octanol–water partition coefficient (Wildman–Crippen LogP) is 4.55. The molecule has 42 heavy (non-hydrogen) atoms. The van der Waals surface area contributed by atoms with Gasteiger partial charge in [0.15, 0.2) is 0 Å². The molecule has 0 saturated heterocycles. The molecule has 12 nitrogen and oxygen atoms in total. The average molecular weight is 565 g/mol. The maximum Gasteiger partial charge on any atom is 0.258 e. The molecule has 0 spiro atoms. The Balaban J connectivity index is 1.18. The highest BCUT2D eigenvalue weighted by atomic mass is 19.1. The number of fused-ring (bicyclic) bond motifs is 2. The van der Waals surface area contributed by atoms with Gasteiger partial charge in [0.05, 0.1) is 22.3 Å². The van der Waals surface area contributed by atoms with Gasteiger partial charge in [-0.25, -0.2) is 14.4 Å². The fraction of sp³-hybridized carbons (Fsp3) is 0.103. The van der Waals surface area contributed by atoms with Gasteiger partial charge in [-0.05, 0) is 61.5 Å². The third kappa shape index (κ3) is 4.83. The largest absolute Gasteiger partial charge is 0.366 e. The zero-order valence-electron chi connectivity index (χ0n) is 22.8. The van der Waals surface area contributed by atoms with Crippen LogP contribution in [0.1, 0.15) is 26.4 Å². The summed E-state index contributed by atoms with van der Waals surface area (Å²) in [7, 11) is 3.77. The van der Waals surface area contributed by atoms with Crippen molar-refractivity contribution in [2.75, 3.05) is 22.6 Å². The molecule has 0 unspecified atom stereocenters. The minimum atomic E-state index is -0.679. The van der Waals surface area contributed by atoms with Crippen LogP contribution < -0.4 is 21.3 Å². The molecule has 6 aromatic rings. The van der Waals surface area contributed by atoms with E-state index in [4.69, 9.17) is 5.73 Å². The monoisotopic (exact) mass is 564 g/mol. The van der Waals surface area contributed by atoms with E-state index in [0.29, 0.717) is 16.9 Å². The number of primary amides is 1. The zero-order chi connectivity index (χ0) is 29.5. The van der Waals surface area contributed by atoms with Crippen molar-refractivity contribution in [2.45, 2.75) is 6.92 Å². The summed E-state index contributed by atoms with van der Waals surface area (Å²) in [6, 6.07) is 16.6. The average Bonchev–Trinajstić information content (AvgIpc) is 3.52. The van der Waals surface area contributed by atoms with Crippen molar-refractivity contribution in [1.82, 2.24) is 29.7 Å². The number of hydrogen-bond acceptors (Lipinski definition) is 8. The molecule has 6 rings (SSSR count). The number of benzene rings is 3. The number of nitrogens with two attached hydrogens (primary N) is 1. The van der Waals surface area contributed by atoms with Gasteiger partial charge in [-0.15, -0.1) is 0 Å². The normalized spacial score (nSPS) is 11.1. The SMILES string of the molecule is Cc1c2ccc(N(C)c3ccnc(Nc4ccc(C(=O)Nc5nc6c(C(N)=O)cccc6[nH]5)cc4F)n3)cc2nn1C. The number of carbonyl (C=O) groups is 2. The highest BCUT2D eigenvalue weighted by molar-refractivity contribution is 6.07. The van der Waals surface area contributed by atoms with Crippen molar-refractivity contribution >= 4 is 62.8 Å². The molecule has 0 fully saturated rings. The first-order chi connectivity index (χ1) is 20.2. The molecular weight excluding hydrogens is 539 g/mol. The van der Waals surface area contributed by atoms with Crippen molar-refractivity contribution in [3.8, 4) is 0 Å². The number of aromatic amines is 1. The molecule has 3 aromatic carbocycles. The number of anilines is 5. The number of aromatic nitrogens is 6. The molecule has 5 N–H and O–H groups in total. The minimum Gasteiger partial charge on any atom is -0.366 e. The van der Waals surface area contributed by atoms with Crippen molar-refractivity contribution in [3.63, 3.8) is 0 Å². The van der Waals surface area contributed by atoms with E-state index in [1.165, 1.54) is 18.2 Å². The Morgan fingerprint density at radius 3 is 2.69 bits per heavy atom. The Bertz CT molecular complexity index is 2020. The Labute approximate surface area is 238 Å². The van der Waals surface area contributed by atoms with Crippen LogP contribution in [-0.4, -0.2) is 48.6 Å². The fourth-order valence-electron chi connectivity index (χ4n) is 4.60. The van der Waals surface area contributed by atoms with Gasteiger partial charge < -0.3 is 20.9 Å². The van der Waals surface area contributed by atoms with Crippen LogP contribution >= 0.6 is 0 Å². The zero-order valence-corrected chi connectivity index (χ0v) is 22.8. The lowest BCUT2D eigenvalue weighted by Crippen LogP contribution is -2.14. The first kappa shape index (κ1) is 26.4. The lowest BCUT2D eigenvalue weighted by molar-refractivity contribution is 0.0999. The molecule has 0 aliphatic heterocycles. The van der Waals surface area contributed by atoms with Gasteiger partial charge in [0.25, 0.3) is 11.8 Å². The third-order valence-corrected chi connectivity index (χ3v) is 6.97. The predicted molar refractivity (Wildman–Crippen MR) is 158 cm³/mol. The second kappa shape index (κ2) is 10.3. The summed E-state index contributed by atoms with van der Waals surface area (Å²) in [6.07, 6.45) is 1.57. The Hall–Kier alpha value is -5.85. The number of imidazole rings is 1. The van der Waals surface area contributed by atoms with Crippen LogP contribution in [0.4, 0.5) is 33.5 Å². The molecular formula is C29H25FN10O2. The fourth-order valence-corrected chi connectivity index (χ4v) is 4.60. The number of nitrogens with zero attached hydrogens (tertiary/aromatic N) is 6. The standard InChI is InChI=1S/C29H25FN10O2/c1-15-18-9-8-17(14-23(18)38-40(15)3)39(2)24-11-12-32-28(35-24)33-21-10-7-16(13-20(21)30)27(42)37-29-34-22-6-4-5-19(26(31)41)25(22)36-29/h4-14H,1-3H3,(H2,31,41)(H,32,33,35)(H2,34,36,37,42). The van der Waals surface area contributed by atoms with Gasteiger partial charge in [-0.1, -0.05) is 6.07 Å². The number of halogens is 1. The summed E-state index contributed by atoms with van der Waals surface area (Å²) in [6.45, 7) is 2.02. The van der Waals surface area contributed by atoms with E-state index in [2.05, 4.69) is 35.7 Å². The second-order valence-electron chi connectivity index (χ2n) is 9.63. The van der Waals surface area contributed by atoms with Crippen LogP contribution in [0, 0.1) is 12.7 Å². The van der Waals surface area contributed by atoms with Crippen LogP contribution in [0.5, 0.6) is 0 Å². The van der Waals surface area contributed by atoms with Crippen LogP contribution in [0.2, 0.25) is 0 Å². The van der Waals surface area contributed by atoms with Gasteiger partial charge in [0.2, 0.25) is 11.9 Å². The number of nitrogens with one attached hydrogen (secondary N) is 3. The highest BCUT2D eigenvalue weighted by Gasteiger charge is 2.16. The molecule has 13 heteroatoms. The highest BCUT2D eigenvalue weighted by Crippen LogP contribution is 2.28. The van der Waals surface area contributed by atoms with Gasteiger partial charge in [-0.2, -0.15) is 10.1 Å². The third-order valence-electron chi connectivity index (χ3n) is 6.97. The summed E-state index contributed by atoms with van der Waals surface area (Å²) < 4.78 is 16.9. The van der Waals surface area contributed by atoms with Crippen LogP contribution in [-0.2, 0) is 7.05 Å². The van der Waals surface area contributed by atoms with E-state index in [-0.39, 0.29) is 28.7 Å². The molecule has 0 saturated carbocycles. The molecule has 3 heterocycles. The number of amides is 2. The van der Waals surface area contributed by atoms with E-state index in [1.54, 1.807) is 24.4 Å². The van der Waals surface area contributed by atoms with Crippen molar-refractivity contribution in [2.24, 2.45) is 12.8 Å². The summed E-state index contributed by atoms with van der Waals surface area (Å²) in [5.74, 6) is -1.06. The molecule has 0 aliphatic rings. The lowest BCUT2D eigenvalue weighted by Gasteiger charge is -2.19. The van der Waals surface area contributed by atoms with Gasteiger partial charge >= 0.3 is 0 Å². The Morgan fingerprint density at radius 2 is 1.90 bits per heavy atom. The number of H-pyrrole nitrogens is 1. The van der Waals surface area contributed by atoms with Crippen molar-refractivity contribution in [1.29, 1.82) is 0 Å². The van der Waals surface area contributed by atoms with E-state index >= 15 is 4.39 Å². The topological polar surface area (TPSA) is 160 Å². The minimum absolute atomic E-state index is 0.0585. The Morgan fingerprint density at radius 1 is 1.07 bits per heavy atom. The maximum atomic E-state index is 15.1. The van der Waals surface area contributed by atoms with E-state index in [9.17, 15) is 9.59 Å². The molecule has 3 aromatic heterocycles. The van der Waals surface area contributed by atoms with E-state index in [1.807, 2.05) is 48.8 Å². The number of hydrogen-bond donors (Lipinski definition) is 4. The molecule has 0 radical (unpaired) electrons. The van der Waals surface area contributed by atoms with E-state index in [0.717, 1.165) is 28.4 Å². The number of rotatable bonds is 7. The quantitative estimate of drug-likeness (QED) is 0.220. The van der Waals surface area contributed by atoms with Crippen LogP contribution in [0.15, 0.2) is 66.9 Å². The number of aryl methyl sites for hydroxylation is 2. The molecule has 210 valence electrons. The second-order valence-corrected chi connectivity index (χ2v) is 9.63. The molecule has 0 aliphatic carbocycles. The molecule has 0 bridgehead atoms. The summed E-state index contributed by atoms with van der Waals surface area (Å²) in [5, 5.41) is 11.1. The summed E-state index contributed by atoms with van der Waals surface area (Å²) in [4.78, 5) is 42.2. The summed E-state index contributed by atoms with van der Waals surface area (Å²) in [5.41, 5.74) is 9.43. The van der Waals surface area contributed by atoms with Gasteiger partial charge in [-0.3, -0.25) is 19.6 Å². The summed E-state index contributed by atoms with van der Waals surface area (Å²) >= 11 is 0. The first-order valence-corrected chi connectivity index (χ1v) is 12.8. The number of para-hydroxylation sites is 1. The van der Waals surface area contributed by atoms with Gasteiger partial charge in [0, 0.05) is 42.6 Å². The van der Waals surface area contributed by atoms with Crippen LogP contribution in [0.3, 0.4) is 0 Å². The van der Waals surface area contributed by atoms with E-state index < -0.39 is 17.6 Å². The van der Waals surface area contributed by atoms with Crippen LogP contribution in [0.25, 0.3) is 21.9 Å². The molecule has 0 atom stereocenters. The van der Waals surface area contributed by atoms with Crippen molar-refractivity contribution < 1.29 is 14.0 Å². The number of carbonyl (C=O) groups excluding carboxylic acids is 2. The van der Waals surface area contributed by atoms with Gasteiger partial charge in [0.1, 0.15) is 17.2 Å².